The van der Waals surface area contributed by atoms with Gasteiger partial charge < -0.3 is 5.32 Å². The molecule has 98 valence electrons. The first-order valence-electron chi connectivity index (χ1n) is 7.06. The summed E-state index contributed by atoms with van der Waals surface area (Å²) < 4.78 is 0. The Morgan fingerprint density at radius 1 is 0.947 bits per heavy atom. The van der Waals surface area contributed by atoms with Crippen molar-refractivity contribution >= 4 is 0 Å². The molecule has 0 saturated carbocycles. The van der Waals surface area contributed by atoms with Gasteiger partial charge in [0.25, 0.3) is 0 Å². The van der Waals surface area contributed by atoms with Gasteiger partial charge in [0.05, 0.1) is 0 Å². The first-order valence-corrected chi connectivity index (χ1v) is 7.06. The average molecular weight is 251 g/mol. The number of rotatable bonds is 1. The summed E-state index contributed by atoms with van der Waals surface area (Å²) in [5, 5.41) is 3.71. The largest absolute Gasteiger partial charge is 0.305 e. The van der Waals surface area contributed by atoms with E-state index < -0.39 is 0 Å². The van der Waals surface area contributed by atoms with Crippen molar-refractivity contribution in [1.29, 1.82) is 0 Å². The second kappa shape index (κ2) is 4.82. The highest BCUT2D eigenvalue weighted by molar-refractivity contribution is 5.45. The van der Waals surface area contributed by atoms with Crippen molar-refractivity contribution in [3.63, 3.8) is 0 Å². The van der Waals surface area contributed by atoms with Crippen LogP contribution in [-0.4, -0.2) is 0 Å². The van der Waals surface area contributed by atoms with Gasteiger partial charge in [0, 0.05) is 18.5 Å². The van der Waals surface area contributed by atoms with Gasteiger partial charge in [-0.05, 0) is 41.7 Å². The van der Waals surface area contributed by atoms with Crippen LogP contribution in [0.3, 0.4) is 0 Å². The molecule has 0 aromatic heterocycles. The minimum absolute atomic E-state index is 0.425. The Kier molecular flexibility index (Phi) is 3.16. The molecule has 1 N–H and O–H groups in total. The molecule has 0 amide bonds. The first-order chi connectivity index (χ1) is 9.18. The van der Waals surface area contributed by atoms with Crippen molar-refractivity contribution in [3.05, 3.63) is 70.3 Å². The van der Waals surface area contributed by atoms with E-state index in [1.807, 2.05) is 0 Å². The van der Waals surface area contributed by atoms with Gasteiger partial charge in [0.1, 0.15) is 0 Å². The number of nitrogens with one attached hydrogen (secondary N) is 1. The normalized spacial score (nSPS) is 22.1. The van der Waals surface area contributed by atoms with Crippen LogP contribution in [0, 0.1) is 13.8 Å². The van der Waals surface area contributed by atoms with E-state index in [1.54, 1.807) is 5.56 Å². The maximum atomic E-state index is 3.71. The van der Waals surface area contributed by atoms with Gasteiger partial charge in [-0.3, -0.25) is 0 Å². The molecule has 0 spiro atoms. The molecule has 2 unspecified atom stereocenters. The van der Waals surface area contributed by atoms with Gasteiger partial charge in [0.15, 0.2) is 0 Å². The standard InChI is InChI=1S/C18H21N/c1-12-9-10-13(2)17-14(3)18(19-11-16(12)17)15-7-5-4-6-8-15/h4-10,14,18-19H,11H2,1-3H3. The van der Waals surface area contributed by atoms with Gasteiger partial charge in [-0.1, -0.05) is 49.4 Å². The topological polar surface area (TPSA) is 12.0 Å². The summed E-state index contributed by atoms with van der Waals surface area (Å²) in [6.45, 7) is 7.78. The zero-order chi connectivity index (χ0) is 13.4. The Morgan fingerprint density at radius 3 is 2.37 bits per heavy atom. The minimum Gasteiger partial charge on any atom is -0.305 e. The van der Waals surface area contributed by atoms with Crippen molar-refractivity contribution in [2.75, 3.05) is 0 Å². The maximum Gasteiger partial charge on any atom is 0.0389 e. The number of aryl methyl sites for hydroxylation is 2. The van der Waals surface area contributed by atoms with E-state index >= 15 is 0 Å². The highest BCUT2D eigenvalue weighted by Gasteiger charge is 2.28. The molecular formula is C18H21N. The van der Waals surface area contributed by atoms with Crippen LogP contribution in [0.25, 0.3) is 0 Å². The molecule has 1 nitrogen and oxygen atoms in total. The van der Waals surface area contributed by atoms with Crippen molar-refractivity contribution in [1.82, 2.24) is 5.32 Å². The summed E-state index contributed by atoms with van der Waals surface area (Å²) in [6, 6.07) is 15.7. The summed E-state index contributed by atoms with van der Waals surface area (Å²) >= 11 is 0. The van der Waals surface area contributed by atoms with Gasteiger partial charge >= 0.3 is 0 Å². The summed E-state index contributed by atoms with van der Waals surface area (Å²) in [5.41, 5.74) is 7.27. The van der Waals surface area contributed by atoms with Crippen LogP contribution in [0.15, 0.2) is 42.5 Å². The maximum absolute atomic E-state index is 3.71. The van der Waals surface area contributed by atoms with Crippen LogP contribution in [0.5, 0.6) is 0 Å². The summed E-state index contributed by atoms with van der Waals surface area (Å²) in [5.74, 6) is 0.519. The quantitative estimate of drug-likeness (QED) is 0.799. The van der Waals surface area contributed by atoms with Crippen molar-refractivity contribution in [3.8, 4) is 0 Å². The van der Waals surface area contributed by atoms with E-state index in [4.69, 9.17) is 0 Å². The molecule has 0 aliphatic carbocycles. The van der Waals surface area contributed by atoms with Crippen LogP contribution < -0.4 is 5.32 Å². The van der Waals surface area contributed by atoms with Crippen LogP contribution in [-0.2, 0) is 6.54 Å². The number of hydrogen-bond donors (Lipinski definition) is 1. The fraction of sp³-hybridized carbons (Fsp3) is 0.333. The molecule has 1 aliphatic heterocycles. The average Bonchev–Trinajstić information content (AvgIpc) is 2.44. The highest BCUT2D eigenvalue weighted by Crippen LogP contribution is 2.39. The van der Waals surface area contributed by atoms with E-state index in [2.05, 4.69) is 68.6 Å². The molecule has 19 heavy (non-hydrogen) atoms. The van der Waals surface area contributed by atoms with Gasteiger partial charge in [0.2, 0.25) is 0 Å². The highest BCUT2D eigenvalue weighted by atomic mass is 14.9. The molecule has 1 heterocycles. The Labute approximate surface area is 115 Å². The molecule has 1 heteroatoms. The molecular weight excluding hydrogens is 230 g/mol. The number of hydrogen-bond acceptors (Lipinski definition) is 1. The Hall–Kier alpha value is -1.60. The SMILES string of the molecule is Cc1ccc(C)c2c1CNC(c1ccccc1)C2C. The molecule has 2 aromatic rings. The summed E-state index contributed by atoms with van der Waals surface area (Å²) in [4.78, 5) is 0. The second-order valence-corrected chi connectivity index (χ2v) is 5.65. The predicted octanol–water partition coefficient (Wildman–Crippen LogP) is 4.25. The molecule has 0 bridgehead atoms. The van der Waals surface area contributed by atoms with Crippen LogP contribution in [0.4, 0.5) is 0 Å². The Morgan fingerprint density at radius 2 is 1.63 bits per heavy atom. The first kappa shape index (κ1) is 12.4. The van der Waals surface area contributed by atoms with Gasteiger partial charge in [-0.15, -0.1) is 0 Å². The van der Waals surface area contributed by atoms with Crippen LogP contribution >= 0.6 is 0 Å². The third-order valence-electron chi connectivity index (χ3n) is 4.42. The lowest BCUT2D eigenvalue weighted by atomic mass is 9.79. The minimum atomic E-state index is 0.425. The third kappa shape index (κ3) is 2.08. The fourth-order valence-corrected chi connectivity index (χ4v) is 3.38. The van der Waals surface area contributed by atoms with Gasteiger partial charge in [-0.25, -0.2) is 0 Å². The zero-order valence-electron chi connectivity index (χ0n) is 11.9. The van der Waals surface area contributed by atoms with E-state index in [0.717, 1.165) is 6.54 Å². The summed E-state index contributed by atoms with van der Waals surface area (Å²) in [7, 11) is 0. The van der Waals surface area contributed by atoms with E-state index in [0.29, 0.717) is 12.0 Å². The molecule has 0 fully saturated rings. The van der Waals surface area contributed by atoms with E-state index in [1.165, 1.54) is 22.3 Å². The molecule has 0 radical (unpaired) electrons. The third-order valence-corrected chi connectivity index (χ3v) is 4.42. The molecule has 3 rings (SSSR count). The monoisotopic (exact) mass is 251 g/mol. The Balaban J connectivity index is 2.05. The zero-order valence-corrected chi connectivity index (χ0v) is 11.9. The molecule has 1 aliphatic rings. The van der Waals surface area contributed by atoms with Crippen LogP contribution in [0.2, 0.25) is 0 Å². The van der Waals surface area contributed by atoms with Gasteiger partial charge in [-0.2, -0.15) is 0 Å². The van der Waals surface area contributed by atoms with Crippen molar-refractivity contribution in [2.24, 2.45) is 0 Å². The smallest absolute Gasteiger partial charge is 0.0389 e. The second-order valence-electron chi connectivity index (χ2n) is 5.65. The molecule has 2 atom stereocenters. The lowest BCUT2D eigenvalue weighted by Crippen LogP contribution is -2.32. The lowest BCUT2D eigenvalue weighted by Gasteiger charge is -2.35. The molecule has 0 saturated heterocycles. The van der Waals surface area contributed by atoms with E-state index in [-0.39, 0.29) is 0 Å². The fourth-order valence-electron chi connectivity index (χ4n) is 3.38. The predicted molar refractivity (Wildman–Crippen MR) is 80.4 cm³/mol. The number of fused-ring (bicyclic) bond motifs is 1. The number of benzene rings is 2. The molecule has 2 aromatic carbocycles. The van der Waals surface area contributed by atoms with Crippen molar-refractivity contribution in [2.45, 2.75) is 39.3 Å². The lowest BCUT2D eigenvalue weighted by molar-refractivity contribution is 0.431. The van der Waals surface area contributed by atoms with E-state index in [9.17, 15) is 0 Å². The van der Waals surface area contributed by atoms with Crippen molar-refractivity contribution < 1.29 is 0 Å². The summed E-state index contributed by atoms with van der Waals surface area (Å²) in [6.07, 6.45) is 0. The Bertz CT molecular complexity index is 586. The van der Waals surface area contributed by atoms with Crippen LogP contribution in [0.1, 0.15) is 46.7 Å².